The van der Waals surface area contributed by atoms with Gasteiger partial charge in [-0.25, -0.2) is 0 Å². The summed E-state index contributed by atoms with van der Waals surface area (Å²) in [6.07, 6.45) is 1.00. The molecule has 1 aliphatic rings. The quantitative estimate of drug-likeness (QED) is 0.630. The molecule has 2 N–H and O–H groups in total. The Labute approximate surface area is 140 Å². The van der Waals surface area contributed by atoms with E-state index in [1.165, 1.54) is 11.6 Å². The first-order valence-electron chi connectivity index (χ1n) is 8.06. The van der Waals surface area contributed by atoms with E-state index in [-0.39, 0.29) is 18.3 Å². The van der Waals surface area contributed by atoms with Crippen molar-refractivity contribution in [2.24, 2.45) is 0 Å². The van der Waals surface area contributed by atoms with Crippen LogP contribution in [-0.4, -0.2) is 34.1 Å². The number of hydrogen-bond acceptors (Lipinski definition) is 5. The van der Waals surface area contributed by atoms with Crippen LogP contribution in [0.5, 0.6) is 0 Å². The van der Waals surface area contributed by atoms with Gasteiger partial charge in [-0.1, -0.05) is 30.3 Å². The Balaban J connectivity index is 1.61. The average molecular weight is 327 g/mol. The maximum absolute atomic E-state index is 11.1. The molecule has 2 aromatic carbocycles. The summed E-state index contributed by atoms with van der Waals surface area (Å²) in [7, 11) is 0. The second-order valence-corrected chi connectivity index (χ2v) is 6.11. The molecule has 0 aromatic heterocycles. The molecule has 0 saturated carbocycles. The van der Waals surface area contributed by atoms with Crippen LogP contribution in [0, 0.1) is 10.1 Å². The summed E-state index contributed by atoms with van der Waals surface area (Å²) in [5.41, 5.74) is 2.32. The SMILES string of the molecule is O=[N+]([O-])c1cc(NC2CCN(Cc3ccccc3)C2)ccc1CO. The Morgan fingerprint density at radius 3 is 2.75 bits per heavy atom. The molecule has 1 heterocycles. The van der Waals surface area contributed by atoms with Crippen LogP contribution >= 0.6 is 0 Å². The van der Waals surface area contributed by atoms with E-state index in [1.54, 1.807) is 12.1 Å². The van der Waals surface area contributed by atoms with Crippen LogP contribution in [0.2, 0.25) is 0 Å². The molecule has 1 saturated heterocycles. The van der Waals surface area contributed by atoms with Crippen LogP contribution < -0.4 is 5.32 Å². The van der Waals surface area contributed by atoms with E-state index in [4.69, 9.17) is 0 Å². The van der Waals surface area contributed by atoms with Crippen LogP contribution in [0.25, 0.3) is 0 Å². The maximum Gasteiger partial charge on any atom is 0.276 e. The molecule has 3 rings (SSSR count). The second-order valence-electron chi connectivity index (χ2n) is 6.11. The largest absolute Gasteiger partial charge is 0.391 e. The molecule has 1 fully saturated rings. The predicted octanol–water partition coefficient (Wildman–Crippen LogP) is 2.77. The number of nitrogens with zero attached hydrogens (tertiary/aromatic N) is 2. The molecule has 0 aliphatic carbocycles. The van der Waals surface area contributed by atoms with E-state index in [9.17, 15) is 15.2 Å². The number of anilines is 1. The molecule has 0 spiro atoms. The van der Waals surface area contributed by atoms with Crippen LogP contribution in [0.15, 0.2) is 48.5 Å². The lowest BCUT2D eigenvalue weighted by molar-refractivity contribution is -0.385. The van der Waals surface area contributed by atoms with Gasteiger partial charge in [-0.3, -0.25) is 15.0 Å². The van der Waals surface area contributed by atoms with Crippen molar-refractivity contribution in [3.8, 4) is 0 Å². The Hall–Kier alpha value is -2.44. The minimum Gasteiger partial charge on any atom is -0.391 e. The molecule has 2 aromatic rings. The van der Waals surface area contributed by atoms with Crippen molar-refractivity contribution in [1.29, 1.82) is 0 Å². The standard InChI is InChI=1S/C18H21N3O3/c22-13-15-6-7-16(10-18(15)21(23)24)19-17-8-9-20(12-17)11-14-4-2-1-3-5-14/h1-7,10,17,19,22H,8-9,11-13H2. The Morgan fingerprint density at radius 2 is 2.04 bits per heavy atom. The van der Waals surface area contributed by atoms with Gasteiger partial charge < -0.3 is 10.4 Å². The minimum atomic E-state index is -0.451. The normalized spacial score (nSPS) is 17.8. The summed E-state index contributed by atoms with van der Waals surface area (Å²) in [6, 6.07) is 15.5. The fourth-order valence-electron chi connectivity index (χ4n) is 3.13. The topological polar surface area (TPSA) is 78.6 Å². The fraction of sp³-hybridized carbons (Fsp3) is 0.333. The van der Waals surface area contributed by atoms with Gasteiger partial charge in [0.15, 0.2) is 0 Å². The highest BCUT2D eigenvalue weighted by atomic mass is 16.6. The number of rotatable bonds is 6. The van der Waals surface area contributed by atoms with E-state index in [1.807, 2.05) is 18.2 Å². The predicted molar refractivity (Wildman–Crippen MR) is 92.8 cm³/mol. The number of likely N-dealkylation sites (tertiary alicyclic amines) is 1. The van der Waals surface area contributed by atoms with Gasteiger partial charge in [-0.15, -0.1) is 0 Å². The number of nitro groups is 1. The van der Waals surface area contributed by atoms with Crippen LogP contribution in [0.4, 0.5) is 11.4 Å². The summed E-state index contributed by atoms with van der Waals surface area (Å²) in [6.45, 7) is 2.50. The summed E-state index contributed by atoms with van der Waals surface area (Å²) in [5.74, 6) is 0. The van der Waals surface area contributed by atoms with E-state index in [2.05, 4.69) is 22.3 Å². The third-order valence-electron chi connectivity index (χ3n) is 4.34. The molecule has 1 atom stereocenters. The van der Waals surface area contributed by atoms with Crippen molar-refractivity contribution >= 4 is 11.4 Å². The molecule has 0 radical (unpaired) electrons. The van der Waals surface area contributed by atoms with Gasteiger partial charge in [0.2, 0.25) is 0 Å². The Kier molecular flexibility index (Phi) is 5.08. The van der Waals surface area contributed by atoms with Crippen LogP contribution in [0.3, 0.4) is 0 Å². The van der Waals surface area contributed by atoms with Gasteiger partial charge >= 0.3 is 0 Å². The first kappa shape index (κ1) is 16.4. The van der Waals surface area contributed by atoms with Gasteiger partial charge in [0.1, 0.15) is 0 Å². The summed E-state index contributed by atoms with van der Waals surface area (Å²) < 4.78 is 0. The van der Waals surface area contributed by atoms with Crippen molar-refractivity contribution in [3.05, 3.63) is 69.8 Å². The number of hydrogen-bond donors (Lipinski definition) is 2. The maximum atomic E-state index is 11.1. The van der Waals surface area contributed by atoms with Gasteiger partial charge in [0, 0.05) is 37.4 Å². The molecule has 6 heteroatoms. The van der Waals surface area contributed by atoms with Crippen LogP contribution in [-0.2, 0) is 13.2 Å². The fourth-order valence-corrected chi connectivity index (χ4v) is 3.13. The number of nitro benzene ring substituents is 1. The lowest BCUT2D eigenvalue weighted by Gasteiger charge is -2.17. The third-order valence-corrected chi connectivity index (χ3v) is 4.34. The van der Waals surface area contributed by atoms with Crippen molar-refractivity contribution in [1.82, 2.24) is 4.90 Å². The van der Waals surface area contributed by atoms with Crippen molar-refractivity contribution in [2.75, 3.05) is 18.4 Å². The highest BCUT2D eigenvalue weighted by Gasteiger charge is 2.23. The van der Waals surface area contributed by atoms with Crippen molar-refractivity contribution < 1.29 is 10.0 Å². The van der Waals surface area contributed by atoms with Gasteiger partial charge in [-0.2, -0.15) is 0 Å². The number of aliphatic hydroxyl groups is 1. The second kappa shape index (κ2) is 7.42. The molecule has 6 nitrogen and oxygen atoms in total. The van der Waals surface area contributed by atoms with Gasteiger partial charge in [0.05, 0.1) is 17.1 Å². The van der Waals surface area contributed by atoms with E-state index < -0.39 is 4.92 Å². The zero-order chi connectivity index (χ0) is 16.9. The average Bonchev–Trinajstić information content (AvgIpc) is 3.02. The number of benzene rings is 2. The van der Waals surface area contributed by atoms with Crippen molar-refractivity contribution in [2.45, 2.75) is 25.6 Å². The molecule has 24 heavy (non-hydrogen) atoms. The summed E-state index contributed by atoms with van der Waals surface area (Å²) in [5, 5.41) is 23.6. The first-order chi connectivity index (χ1) is 11.7. The Morgan fingerprint density at radius 1 is 1.25 bits per heavy atom. The summed E-state index contributed by atoms with van der Waals surface area (Å²) in [4.78, 5) is 13.0. The molecular weight excluding hydrogens is 306 g/mol. The van der Waals surface area contributed by atoms with Gasteiger partial charge in [0.25, 0.3) is 5.69 Å². The molecule has 0 bridgehead atoms. The van der Waals surface area contributed by atoms with Crippen molar-refractivity contribution in [3.63, 3.8) is 0 Å². The molecule has 1 unspecified atom stereocenters. The Bertz CT molecular complexity index is 706. The molecule has 1 aliphatic heterocycles. The summed E-state index contributed by atoms with van der Waals surface area (Å²) >= 11 is 0. The monoisotopic (exact) mass is 327 g/mol. The highest BCUT2D eigenvalue weighted by Crippen LogP contribution is 2.25. The van der Waals surface area contributed by atoms with E-state index in [0.717, 1.165) is 31.7 Å². The zero-order valence-corrected chi connectivity index (χ0v) is 13.4. The molecule has 126 valence electrons. The van der Waals surface area contributed by atoms with E-state index >= 15 is 0 Å². The number of aliphatic hydroxyl groups excluding tert-OH is 1. The van der Waals surface area contributed by atoms with Crippen LogP contribution in [0.1, 0.15) is 17.5 Å². The number of nitrogens with one attached hydrogen (secondary N) is 1. The third kappa shape index (κ3) is 3.90. The minimum absolute atomic E-state index is 0.0401. The lowest BCUT2D eigenvalue weighted by atomic mass is 10.1. The molecule has 0 amide bonds. The molecular formula is C18H21N3O3. The highest BCUT2D eigenvalue weighted by molar-refractivity contribution is 5.55. The van der Waals surface area contributed by atoms with E-state index in [0.29, 0.717) is 5.56 Å². The van der Waals surface area contributed by atoms with Gasteiger partial charge in [-0.05, 0) is 24.1 Å². The zero-order valence-electron chi connectivity index (χ0n) is 13.4. The lowest BCUT2D eigenvalue weighted by Crippen LogP contribution is -2.26. The first-order valence-corrected chi connectivity index (χ1v) is 8.06. The smallest absolute Gasteiger partial charge is 0.276 e.